The van der Waals surface area contributed by atoms with Gasteiger partial charge in [-0.2, -0.15) is 4.31 Å². The molecule has 16 heavy (non-hydrogen) atoms. The lowest BCUT2D eigenvalue weighted by Crippen LogP contribution is -2.42. The van der Waals surface area contributed by atoms with Gasteiger partial charge in [-0.3, -0.25) is 0 Å². The molecule has 3 nitrogen and oxygen atoms in total. The van der Waals surface area contributed by atoms with Crippen molar-refractivity contribution in [2.75, 3.05) is 18.2 Å². The molecule has 1 unspecified atom stereocenters. The molecule has 0 heterocycles. The van der Waals surface area contributed by atoms with Crippen LogP contribution in [0.5, 0.6) is 0 Å². The molecule has 0 N–H and O–H groups in total. The lowest BCUT2D eigenvalue weighted by Gasteiger charge is -2.28. The van der Waals surface area contributed by atoms with E-state index in [1.807, 2.05) is 34.6 Å². The van der Waals surface area contributed by atoms with E-state index in [0.29, 0.717) is 18.3 Å². The molecule has 0 aromatic rings. The standard InChI is InChI=1S/C11H24ClNO2S/c1-9(2)7-13(10(3)4)16(14,15)8-11(5)6-12/h9-11H,6-8H2,1-5H3. The first-order valence-corrected chi connectivity index (χ1v) is 7.90. The van der Waals surface area contributed by atoms with Crippen molar-refractivity contribution < 1.29 is 8.42 Å². The quantitative estimate of drug-likeness (QED) is 0.666. The van der Waals surface area contributed by atoms with Gasteiger partial charge in [0.2, 0.25) is 10.0 Å². The maximum Gasteiger partial charge on any atom is 0.214 e. The number of nitrogens with zero attached hydrogens (tertiary/aromatic N) is 1. The van der Waals surface area contributed by atoms with Crippen LogP contribution in [-0.4, -0.2) is 36.9 Å². The van der Waals surface area contributed by atoms with Crippen LogP contribution in [0, 0.1) is 11.8 Å². The van der Waals surface area contributed by atoms with E-state index < -0.39 is 10.0 Å². The van der Waals surface area contributed by atoms with Crippen molar-refractivity contribution in [2.24, 2.45) is 11.8 Å². The summed E-state index contributed by atoms with van der Waals surface area (Å²) in [5, 5.41) is 0. The summed E-state index contributed by atoms with van der Waals surface area (Å²) in [6.45, 7) is 10.3. The largest absolute Gasteiger partial charge is 0.214 e. The molecule has 0 rings (SSSR count). The van der Waals surface area contributed by atoms with Crippen LogP contribution in [0.2, 0.25) is 0 Å². The summed E-state index contributed by atoms with van der Waals surface area (Å²) in [6, 6.07) is 0.00919. The van der Waals surface area contributed by atoms with E-state index in [9.17, 15) is 8.42 Å². The van der Waals surface area contributed by atoms with Crippen LogP contribution in [0.1, 0.15) is 34.6 Å². The molecular weight excluding hydrogens is 246 g/mol. The van der Waals surface area contributed by atoms with Crippen molar-refractivity contribution in [3.63, 3.8) is 0 Å². The zero-order chi connectivity index (χ0) is 12.9. The number of hydrogen-bond donors (Lipinski definition) is 0. The fraction of sp³-hybridized carbons (Fsp3) is 1.00. The first kappa shape index (κ1) is 16.2. The number of rotatable bonds is 7. The zero-order valence-corrected chi connectivity index (χ0v) is 12.5. The second kappa shape index (κ2) is 6.82. The predicted octanol–water partition coefficient (Wildman–Crippen LogP) is 2.56. The Kier molecular flexibility index (Phi) is 6.90. The number of sulfonamides is 1. The molecule has 0 saturated heterocycles. The Labute approximate surface area is 105 Å². The van der Waals surface area contributed by atoms with Crippen molar-refractivity contribution >= 4 is 21.6 Å². The van der Waals surface area contributed by atoms with Crippen molar-refractivity contribution in [2.45, 2.75) is 40.7 Å². The maximum atomic E-state index is 12.1. The molecule has 1 atom stereocenters. The molecule has 0 spiro atoms. The van der Waals surface area contributed by atoms with Crippen LogP contribution in [-0.2, 0) is 10.0 Å². The summed E-state index contributed by atoms with van der Waals surface area (Å²) in [4.78, 5) is 0. The fourth-order valence-corrected chi connectivity index (χ4v) is 3.94. The SMILES string of the molecule is CC(C)CN(C(C)C)S(=O)(=O)CC(C)CCl. The highest BCUT2D eigenvalue weighted by molar-refractivity contribution is 7.89. The Morgan fingerprint density at radius 3 is 1.94 bits per heavy atom. The van der Waals surface area contributed by atoms with E-state index >= 15 is 0 Å². The Morgan fingerprint density at radius 1 is 1.12 bits per heavy atom. The molecule has 0 bridgehead atoms. The molecule has 0 fully saturated rings. The van der Waals surface area contributed by atoms with Gasteiger partial charge in [0.05, 0.1) is 5.75 Å². The molecule has 0 aliphatic carbocycles. The van der Waals surface area contributed by atoms with Crippen molar-refractivity contribution in [1.29, 1.82) is 0 Å². The lowest BCUT2D eigenvalue weighted by molar-refractivity contribution is 0.317. The summed E-state index contributed by atoms with van der Waals surface area (Å²) in [6.07, 6.45) is 0. The third-order valence-corrected chi connectivity index (χ3v) is 5.04. The molecule has 0 saturated carbocycles. The average Bonchev–Trinajstić information content (AvgIpc) is 2.12. The van der Waals surface area contributed by atoms with Crippen LogP contribution in [0.3, 0.4) is 0 Å². The molecule has 0 aromatic heterocycles. The summed E-state index contributed by atoms with van der Waals surface area (Å²) in [5.41, 5.74) is 0. The second-order valence-corrected chi connectivity index (χ2v) is 7.37. The van der Waals surface area contributed by atoms with E-state index in [2.05, 4.69) is 0 Å². The normalized spacial score (nSPS) is 15.1. The third-order valence-electron chi connectivity index (χ3n) is 2.24. The molecular formula is C11H24ClNO2S. The van der Waals surface area contributed by atoms with Gasteiger partial charge in [0.15, 0.2) is 0 Å². The van der Waals surface area contributed by atoms with Gasteiger partial charge in [0, 0.05) is 18.5 Å². The van der Waals surface area contributed by atoms with E-state index in [1.165, 1.54) is 0 Å². The molecule has 5 heteroatoms. The van der Waals surface area contributed by atoms with Crippen molar-refractivity contribution in [3.05, 3.63) is 0 Å². The van der Waals surface area contributed by atoms with Gasteiger partial charge >= 0.3 is 0 Å². The van der Waals surface area contributed by atoms with Crippen molar-refractivity contribution in [1.82, 2.24) is 4.31 Å². The highest BCUT2D eigenvalue weighted by Crippen LogP contribution is 2.14. The first-order valence-electron chi connectivity index (χ1n) is 5.76. The fourth-order valence-electron chi connectivity index (χ4n) is 1.51. The Balaban J connectivity index is 4.76. The van der Waals surface area contributed by atoms with Crippen LogP contribution in [0.15, 0.2) is 0 Å². The Hall–Kier alpha value is 0.200. The third kappa shape index (κ3) is 5.51. The number of hydrogen-bond acceptors (Lipinski definition) is 2. The number of alkyl halides is 1. The van der Waals surface area contributed by atoms with E-state index in [1.54, 1.807) is 4.31 Å². The van der Waals surface area contributed by atoms with Gasteiger partial charge in [-0.25, -0.2) is 8.42 Å². The molecule has 0 aliphatic heterocycles. The average molecular weight is 270 g/mol. The van der Waals surface area contributed by atoms with E-state index in [0.717, 1.165) is 0 Å². The topological polar surface area (TPSA) is 37.4 Å². The van der Waals surface area contributed by atoms with Crippen LogP contribution in [0.4, 0.5) is 0 Å². The molecule has 0 aromatic carbocycles. The maximum absolute atomic E-state index is 12.1. The van der Waals surface area contributed by atoms with Gasteiger partial charge in [0.1, 0.15) is 0 Å². The molecule has 0 radical (unpaired) electrons. The van der Waals surface area contributed by atoms with Gasteiger partial charge in [-0.05, 0) is 25.7 Å². The minimum Gasteiger partial charge on any atom is -0.212 e. The summed E-state index contributed by atoms with van der Waals surface area (Å²) < 4.78 is 25.9. The zero-order valence-electron chi connectivity index (χ0n) is 10.9. The van der Waals surface area contributed by atoms with Gasteiger partial charge in [0.25, 0.3) is 0 Å². The highest BCUT2D eigenvalue weighted by atomic mass is 35.5. The minimum absolute atomic E-state index is 0.0000731. The van der Waals surface area contributed by atoms with Crippen LogP contribution in [0.25, 0.3) is 0 Å². The lowest BCUT2D eigenvalue weighted by atomic mass is 10.2. The predicted molar refractivity (Wildman–Crippen MR) is 70.4 cm³/mol. The monoisotopic (exact) mass is 269 g/mol. The first-order chi connectivity index (χ1) is 7.20. The van der Waals surface area contributed by atoms with E-state index in [-0.39, 0.29) is 17.7 Å². The second-order valence-electron chi connectivity index (χ2n) is 5.10. The Bertz CT molecular complexity index is 288. The van der Waals surface area contributed by atoms with Crippen molar-refractivity contribution in [3.8, 4) is 0 Å². The summed E-state index contributed by atoms with van der Waals surface area (Å²) >= 11 is 5.67. The van der Waals surface area contributed by atoms with Gasteiger partial charge < -0.3 is 0 Å². The molecule has 0 aliphatic rings. The van der Waals surface area contributed by atoms with Gasteiger partial charge in [-0.1, -0.05) is 20.8 Å². The van der Waals surface area contributed by atoms with Gasteiger partial charge in [-0.15, -0.1) is 11.6 Å². The molecule has 98 valence electrons. The summed E-state index contributed by atoms with van der Waals surface area (Å²) in [5.74, 6) is 0.859. The Morgan fingerprint density at radius 2 is 1.62 bits per heavy atom. The van der Waals surface area contributed by atoms with Crippen LogP contribution >= 0.6 is 11.6 Å². The summed E-state index contributed by atoms with van der Waals surface area (Å²) in [7, 11) is -3.18. The highest BCUT2D eigenvalue weighted by Gasteiger charge is 2.27. The smallest absolute Gasteiger partial charge is 0.212 e. The number of halogens is 1. The minimum atomic E-state index is -3.18. The van der Waals surface area contributed by atoms with E-state index in [4.69, 9.17) is 11.6 Å². The molecule has 0 amide bonds. The van der Waals surface area contributed by atoms with Crippen LogP contribution < -0.4 is 0 Å².